The molecule has 3 fully saturated rings. The lowest BCUT2D eigenvalue weighted by Crippen LogP contribution is -2.77. The first kappa shape index (κ1) is 15.9. The van der Waals surface area contributed by atoms with Crippen molar-refractivity contribution in [2.45, 2.75) is 24.8 Å². The smallest absolute Gasteiger partial charge is 0.258 e. The van der Waals surface area contributed by atoms with E-state index in [2.05, 4.69) is 21.8 Å². The SMILES string of the molecule is C[SH]1C=NN=C1C12CC(NC(=O)COc3ccc(Cl)c(F)c3)(C1)C2. The number of rotatable bonds is 5. The van der Waals surface area contributed by atoms with Gasteiger partial charge in [-0.05, 0) is 37.7 Å². The van der Waals surface area contributed by atoms with Crippen molar-refractivity contribution in [2.75, 3.05) is 12.9 Å². The Morgan fingerprint density at radius 3 is 2.83 bits per heavy atom. The van der Waals surface area contributed by atoms with Gasteiger partial charge in [0.1, 0.15) is 11.6 Å². The third-order valence-corrected chi connectivity index (χ3v) is 6.87. The Hall–Kier alpha value is -1.60. The third-order valence-electron chi connectivity index (χ3n) is 4.88. The predicted octanol–water partition coefficient (Wildman–Crippen LogP) is 2.88. The van der Waals surface area contributed by atoms with E-state index in [4.69, 9.17) is 16.3 Å². The fourth-order valence-electron chi connectivity index (χ4n) is 3.97. The molecule has 1 atom stereocenters. The zero-order valence-corrected chi connectivity index (χ0v) is 14.7. The number of benzene rings is 1. The molecule has 3 saturated carbocycles. The highest BCUT2D eigenvalue weighted by molar-refractivity contribution is 8.40. The Balaban J connectivity index is 1.27. The Bertz CT molecular complexity index is 763. The van der Waals surface area contributed by atoms with Gasteiger partial charge in [0.25, 0.3) is 5.91 Å². The largest absolute Gasteiger partial charge is 0.484 e. The molecule has 5 nitrogen and oxygen atoms in total. The number of nitrogens with one attached hydrogen (secondary N) is 1. The van der Waals surface area contributed by atoms with Crippen molar-refractivity contribution < 1.29 is 13.9 Å². The first-order valence-electron chi connectivity index (χ1n) is 7.65. The molecule has 0 radical (unpaired) electrons. The van der Waals surface area contributed by atoms with E-state index in [1.54, 1.807) is 0 Å². The molecule has 0 saturated heterocycles. The second-order valence-electron chi connectivity index (χ2n) is 6.77. The average Bonchev–Trinajstić information content (AvgIpc) is 2.89. The first-order valence-corrected chi connectivity index (χ1v) is 9.88. The van der Waals surface area contributed by atoms with Crippen LogP contribution in [-0.2, 0) is 4.79 Å². The van der Waals surface area contributed by atoms with Crippen LogP contribution in [0.15, 0.2) is 28.4 Å². The van der Waals surface area contributed by atoms with E-state index in [0.717, 1.165) is 19.3 Å². The van der Waals surface area contributed by atoms with E-state index in [0.29, 0.717) is 0 Å². The van der Waals surface area contributed by atoms with Gasteiger partial charge in [0.2, 0.25) is 0 Å². The summed E-state index contributed by atoms with van der Waals surface area (Å²) in [6.07, 6.45) is 4.94. The van der Waals surface area contributed by atoms with Gasteiger partial charge in [-0.1, -0.05) is 11.6 Å². The van der Waals surface area contributed by atoms with Gasteiger partial charge in [-0.3, -0.25) is 4.79 Å². The normalized spacial score (nSPS) is 34.1. The lowest BCUT2D eigenvalue weighted by Gasteiger charge is -2.70. The van der Waals surface area contributed by atoms with Crippen LogP contribution >= 0.6 is 22.5 Å². The molecule has 1 aliphatic heterocycles. The number of hydrogen-bond donors (Lipinski definition) is 2. The summed E-state index contributed by atoms with van der Waals surface area (Å²) < 4.78 is 18.7. The Morgan fingerprint density at radius 1 is 1.46 bits per heavy atom. The quantitative estimate of drug-likeness (QED) is 0.784. The minimum absolute atomic E-state index is 0.0284. The summed E-state index contributed by atoms with van der Waals surface area (Å²) in [5.74, 6) is -0.469. The van der Waals surface area contributed by atoms with Crippen molar-refractivity contribution in [2.24, 2.45) is 15.6 Å². The second-order valence-corrected chi connectivity index (χ2v) is 9.05. The van der Waals surface area contributed by atoms with Crippen molar-refractivity contribution in [3.05, 3.63) is 29.0 Å². The number of carbonyl (C=O) groups is 1. The van der Waals surface area contributed by atoms with Crippen LogP contribution in [0.5, 0.6) is 5.75 Å². The molecule has 1 heterocycles. The number of thiol groups is 1. The molecular weight excluding hydrogens is 353 g/mol. The van der Waals surface area contributed by atoms with Crippen molar-refractivity contribution in [3.63, 3.8) is 0 Å². The molecule has 1 N–H and O–H groups in total. The fraction of sp³-hybridized carbons (Fsp3) is 0.438. The number of halogens is 2. The molecule has 1 amide bonds. The summed E-state index contributed by atoms with van der Waals surface area (Å²) >= 11 is 5.61. The molecular formula is C16H17ClFN3O2S. The van der Waals surface area contributed by atoms with Gasteiger partial charge in [-0.15, -0.1) is 5.10 Å². The molecule has 1 aromatic rings. The van der Waals surface area contributed by atoms with Crippen LogP contribution in [-0.4, -0.2) is 34.9 Å². The Kier molecular flexibility index (Phi) is 3.61. The molecule has 3 aliphatic carbocycles. The summed E-state index contributed by atoms with van der Waals surface area (Å²) in [6.45, 7) is -0.139. The Morgan fingerprint density at radius 2 is 2.21 bits per heavy atom. The summed E-state index contributed by atoms with van der Waals surface area (Å²) in [5, 5.41) is 12.6. The van der Waals surface area contributed by atoms with E-state index in [1.165, 1.54) is 23.2 Å². The van der Waals surface area contributed by atoms with Gasteiger partial charge in [0.05, 0.1) is 15.6 Å². The van der Waals surface area contributed by atoms with E-state index in [9.17, 15) is 9.18 Å². The van der Waals surface area contributed by atoms with E-state index in [-0.39, 0.29) is 45.1 Å². The molecule has 0 spiro atoms. The molecule has 5 rings (SSSR count). The van der Waals surface area contributed by atoms with Crippen molar-refractivity contribution >= 4 is 39.0 Å². The maximum Gasteiger partial charge on any atom is 0.258 e. The number of ether oxygens (including phenoxy) is 1. The summed E-state index contributed by atoms with van der Waals surface area (Å²) in [7, 11) is -0.344. The van der Waals surface area contributed by atoms with Crippen molar-refractivity contribution in [1.29, 1.82) is 0 Å². The standard InChI is InChI=1S/C16H17ClFN3O2S/c1-24-9-19-21-14(24)15-6-16(7-15,8-15)20-13(22)5-23-10-2-3-11(17)12(18)4-10/h2-4,9,24H,5-8H2,1H3,(H,20,22). The number of nitrogens with zero attached hydrogens (tertiary/aromatic N) is 2. The predicted molar refractivity (Wildman–Crippen MR) is 94.9 cm³/mol. The van der Waals surface area contributed by atoms with Gasteiger partial charge in [-0.25, -0.2) is 4.39 Å². The van der Waals surface area contributed by atoms with Gasteiger partial charge in [0.15, 0.2) is 6.61 Å². The van der Waals surface area contributed by atoms with Crippen LogP contribution in [0.25, 0.3) is 0 Å². The molecule has 2 bridgehead atoms. The minimum atomic E-state index is -0.563. The number of amides is 1. The molecule has 1 aromatic carbocycles. The van der Waals surface area contributed by atoms with E-state index in [1.807, 2.05) is 5.55 Å². The van der Waals surface area contributed by atoms with Crippen LogP contribution < -0.4 is 10.1 Å². The molecule has 1 unspecified atom stereocenters. The summed E-state index contributed by atoms with van der Waals surface area (Å²) in [6, 6.07) is 4.12. The van der Waals surface area contributed by atoms with E-state index >= 15 is 0 Å². The number of hydrogen-bond acceptors (Lipinski definition) is 4. The first-order chi connectivity index (χ1) is 11.4. The van der Waals surface area contributed by atoms with Crippen LogP contribution in [0.1, 0.15) is 19.3 Å². The highest BCUT2D eigenvalue weighted by atomic mass is 35.5. The van der Waals surface area contributed by atoms with Gasteiger partial charge in [0, 0.05) is 17.0 Å². The fourth-order valence-corrected chi connectivity index (χ4v) is 5.58. The molecule has 8 heteroatoms. The average molecular weight is 370 g/mol. The van der Waals surface area contributed by atoms with Crippen LogP contribution in [0.2, 0.25) is 5.02 Å². The third kappa shape index (κ3) is 2.50. The molecule has 4 aliphatic rings. The van der Waals surface area contributed by atoms with Crippen LogP contribution in [0.4, 0.5) is 4.39 Å². The molecule has 0 aromatic heterocycles. The van der Waals surface area contributed by atoms with Gasteiger partial charge < -0.3 is 10.1 Å². The topological polar surface area (TPSA) is 63.0 Å². The number of carbonyl (C=O) groups excluding carboxylic acids is 1. The highest BCUT2D eigenvalue weighted by Gasteiger charge is 2.71. The second kappa shape index (κ2) is 5.46. The van der Waals surface area contributed by atoms with Crippen molar-refractivity contribution in [1.82, 2.24) is 5.32 Å². The molecule has 24 heavy (non-hydrogen) atoms. The van der Waals surface area contributed by atoms with Gasteiger partial charge >= 0.3 is 0 Å². The van der Waals surface area contributed by atoms with Crippen LogP contribution in [0, 0.1) is 11.2 Å². The van der Waals surface area contributed by atoms with E-state index < -0.39 is 5.82 Å². The monoisotopic (exact) mass is 369 g/mol. The van der Waals surface area contributed by atoms with Gasteiger partial charge in [-0.2, -0.15) is 16.0 Å². The zero-order valence-electron chi connectivity index (χ0n) is 13.1. The van der Waals surface area contributed by atoms with Crippen LogP contribution in [0.3, 0.4) is 0 Å². The van der Waals surface area contributed by atoms with Crippen molar-refractivity contribution in [3.8, 4) is 5.75 Å². The lowest BCUT2D eigenvalue weighted by atomic mass is 9.39. The Labute approximate surface area is 146 Å². The highest BCUT2D eigenvalue weighted by Crippen LogP contribution is 2.70. The maximum absolute atomic E-state index is 13.3. The minimum Gasteiger partial charge on any atom is -0.484 e. The molecule has 128 valence electrons. The maximum atomic E-state index is 13.3. The zero-order chi connectivity index (χ0) is 16.9. The summed E-state index contributed by atoms with van der Waals surface area (Å²) in [4.78, 5) is 12.1. The lowest BCUT2D eigenvalue weighted by molar-refractivity contribution is -0.142. The summed E-state index contributed by atoms with van der Waals surface area (Å²) in [5.41, 5.74) is 1.97.